The molecule has 0 radical (unpaired) electrons. The largest absolute Gasteiger partial charge is 0.478 e. The first kappa shape index (κ1) is 16.0. The molecule has 5 nitrogen and oxygen atoms in total. The van der Waals surface area contributed by atoms with Gasteiger partial charge >= 0.3 is 11.9 Å². The van der Waals surface area contributed by atoms with Gasteiger partial charge in [-0.3, -0.25) is 0 Å². The van der Waals surface area contributed by atoms with Crippen molar-refractivity contribution in [2.75, 3.05) is 7.11 Å². The third-order valence-corrected chi connectivity index (χ3v) is 3.20. The molecule has 2 aromatic rings. The SMILES string of the molecule is COC(=O)/C(=C/c1ccc(C#N)cc1)c1ccccc1C(=O)O. The highest BCUT2D eigenvalue weighted by Gasteiger charge is 2.19. The predicted molar refractivity (Wildman–Crippen MR) is 84.4 cm³/mol. The highest BCUT2D eigenvalue weighted by atomic mass is 16.5. The third kappa shape index (κ3) is 3.63. The minimum Gasteiger partial charge on any atom is -0.478 e. The number of hydrogen-bond donors (Lipinski definition) is 1. The lowest BCUT2D eigenvalue weighted by atomic mass is 9.97. The highest BCUT2D eigenvalue weighted by molar-refractivity contribution is 6.23. The van der Waals surface area contributed by atoms with E-state index in [9.17, 15) is 14.7 Å². The van der Waals surface area contributed by atoms with Crippen LogP contribution >= 0.6 is 0 Å². The summed E-state index contributed by atoms with van der Waals surface area (Å²) in [5, 5.41) is 18.1. The number of benzene rings is 2. The lowest BCUT2D eigenvalue weighted by Crippen LogP contribution is -2.09. The normalized spacial score (nSPS) is 10.7. The second kappa shape index (κ2) is 7.05. The molecule has 0 aliphatic heterocycles. The van der Waals surface area contributed by atoms with Crippen LogP contribution in [-0.2, 0) is 9.53 Å². The summed E-state index contributed by atoms with van der Waals surface area (Å²) < 4.78 is 4.77. The highest BCUT2D eigenvalue weighted by Crippen LogP contribution is 2.23. The topological polar surface area (TPSA) is 87.4 Å². The van der Waals surface area contributed by atoms with Crippen molar-refractivity contribution in [2.24, 2.45) is 0 Å². The molecule has 0 bridgehead atoms. The maximum Gasteiger partial charge on any atom is 0.338 e. The maximum absolute atomic E-state index is 12.1. The van der Waals surface area contributed by atoms with Crippen LogP contribution < -0.4 is 0 Å². The molecule has 0 fully saturated rings. The third-order valence-electron chi connectivity index (χ3n) is 3.20. The van der Waals surface area contributed by atoms with Gasteiger partial charge in [0.25, 0.3) is 0 Å². The fourth-order valence-electron chi connectivity index (χ4n) is 2.08. The standard InChI is InChI=1S/C18H13NO4/c1-23-18(22)16(10-12-6-8-13(11-19)9-7-12)14-4-2-3-5-15(14)17(20)21/h2-10H,1H3,(H,20,21)/b16-10+. The molecule has 0 atom stereocenters. The number of rotatable bonds is 4. The molecule has 0 saturated heterocycles. The van der Waals surface area contributed by atoms with E-state index < -0.39 is 11.9 Å². The van der Waals surface area contributed by atoms with E-state index in [1.165, 1.54) is 19.3 Å². The summed E-state index contributed by atoms with van der Waals surface area (Å²) in [7, 11) is 1.23. The number of nitrogens with zero attached hydrogens (tertiary/aromatic N) is 1. The molecule has 2 rings (SSSR count). The minimum atomic E-state index is -1.13. The molecule has 0 heterocycles. The van der Waals surface area contributed by atoms with Crippen molar-refractivity contribution in [1.82, 2.24) is 0 Å². The number of carboxylic acids is 1. The van der Waals surface area contributed by atoms with Gasteiger partial charge in [0.05, 0.1) is 29.9 Å². The Bertz CT molecular complexity index is 814. The Morgan fingerprint density at radius 3 is 2.22 bits per heavy atom. The average Bonchev–Trinajstić information content (AvgIpc) is 2.59. The van der Waals surface area contributed by atoms with Crippen molar-refractivity contribution < 1.29 is 19.4 Å². The van der Waals surface area contributed by atoms with Crippen LogP contribution in [0.2, 0.25) is 0 Å². The second-order valence-corrected chi connectivity index (χ2v) is 4.63. The number of carbonyl (C=O) groups excluding carboxylic acids is 1. The first-order valence-corrected chi connectivity index (χ1v) is 6.69. The zero-order valence-corrected chi connectivity index (χ0v) is 12.3. The molecule has 0 aliphatic carbocycles. The zero-order valence-electron chi connectivity index (χ0n) is 12.3. The lowest BCUT2D eigenvalue weighted by molar-refractivity contribution is -0.133. The molecular formula is C18H13NO4. The van der Waals surface area contributed by atoms with Crippen LogP contribution in [0.1, 0.15) is 27.0 Å². The van der Waals surface area contributed by atoms with Gasteiger partial charge < -0.3 is 9.84 Å². The van der Waals surface area contributed by atoms with Crippen molar-refractivity contribution in [1.29, 1.82) is 5.26 Å². The van der Waals surface area contributed by atoms with E-state index >= 15 is 0 Å². The van der Waals surface area contributed by atoms with Crippen molar-refractivity contribution in [2.45, 2.75) is 0 Å². The molecule has 0 aromatic heterocycles. The number of carbonyl (C=O) groups is 2. The van der Waals surface area contributed by atoms with E-state index in [-0.39, 0.29) is 16.7 Å². The minimum absolute atomic E-state index is 0.0118. The molecule has 0 amide bonds. The van der Waals surface area contributed by atoms with Crippen LogP contribution in [0.5, 0.6) is 0 Å². The van der Waals surface area contributed by atoms with E-state index in [4.69, 9.17) is 10.00 Å². The van der Waals surface area contributed by atoms with Crippen molar-refractivity contribution in [3.63, 3.8) is 0 Å². The van der Waals surface area contributed by atoms with E-state index in [1.807, 2.05) is 6.07 Å². The molecule has 23 heavy (non-hydrogen) atoms. The van der Waals surface area contributed by atoms with Crippen molar-refractivity contribution in [3.05, 3.63) is 70.8 Å². The van der Waals surface area contributed by atoms with Gasteiger partial charge in [-0.15, -0.1) is 0 Å². The Labute approximate surface area is 133 Å². The summed E-state index contributed by atoms with van der Waals surface area (Å²) in [4.78, 5) is 23.4. The second-order valence-electron chi connectivity index (χ2n) is 4.63. The molecule has 0 aliphatic rings. The van der Waals surface area contributed by atoms with E-state index in [0.29, 0.717) is 11.1 Å². The van der Waals surface area contributed by atoms with Gasteiger partial charge in [0.1, 0.15) is 0 Å². The summed E-state index contributed by atoms with van der Waals surface area (Å²) in [6, 6.07) is 14.8. The summed E-state index contributed by atoms with van der Waals surface area (Å²) in [6.45, 7) is 0. The molecule has 1 N–H and O–H groups in total. The lowest BCUT2D eigenvalue weighted by Gasteiger charge is -2.09. The Morgan fingerprint density at radius 2 is 1.70 bits per heavy atom. The Kier molecular flexibility index (Phi) is 4.90. The molecule has 5 heteroatoms. The molecule has 114 valence electrons. The van der Waals surface area contributed by atoms with Gasteiger partial charge in [-0.25, -0.2) is 9.59 Å². The van der Waals surface area contributed by atoms with Crippen LogP contribution in [0.15, 0.2) is 48.5 Å². The zero-order chi connectivity index (χ0) is 16.8. The van der Waals surface area contributed by atoms with Gasteiger partial charge in [-0.05, 0) is 29.8 Å². The number of nitriles is 1. The number of aromatic carboxylic acids is 1. The fraction of sp³-hybridized carbons (Fsp3) is 0.0556. The summed E-state index contributed by atoms with van der Waals surface area (Å²) in [6.07, 6.45) is 1.54. The first-order valence-electron chi connectivity index (χ1n) is 6.69. The summed E-state index contributed by atoms with van der Waals surface area (Å²) in [5.41, 5.74) is 1.57. The van der Waals surface area contributed by atoms with Crippen molar-refractivity contribution in [3.8, 4) is 6.07 Å². The molecule has 0 spiro atoms. The monoisotopic (exact) mass is 307 g/mol. The predicted octanol–water partition coefficient (Wildman–Crippen LogP) is 2.97. The van der Waals surface area contributed by atoms with Gasteiger partial charge in [-0.2, -0.15) is 5.26 Å². The molecule has 2 aromatic carbocycles. The molecular weight excluding hydrogens is 294 g/mol. The van der Waals surface area contributed by atoms with E-state index in [2.05, 4.69) is 0 Å². The number of hydrogen-bond acceptors (Lipinski definition) is 4. The average molecular weight is 307 g/mol. The van der Waals surface area contributed by atoms with Crippen LogP contribution in [0, 0.1) is 11.3 Å². The van der Waals surface area contributed by atoms with Gasteiger partial charge in [0.2, 0.25) is 0 Å². The number of carboxylic acid groups (broad SMARTS) is 1. The number of ether oxygens (including phenoxy) is 1. The smallest absolute Gasteiger partial charge is 0.338 e. The molecule has 0 unspecified atom stereocenters. The first-order chi connectivity index (χ1) is 11.1. The van der Waals surface area contributed by atoms with Crippen LogP contribution in [0.4, 0.5) is 0 Å². The van der Waals surface area contributed by atoms with E-state index in [1.54, 1.807) is 42.5 Å². The van der Waals surface area contributed by atoms with Crippen LogP contribution in [0.3, 0.4) is 0 Å². The van der Waals surface area contributed by atoms with E-state index in [0.717, 1.165) is 0 Å². The van der Waals surface area contributed by atoms with Crippen LogP contribution in [0.25, 0.3) is 11.6 Å². The van der Waals surface area contributed by atoms with Gasteiger partial charge in [0, 0.05) is 5.56 Å². The number of methoxy groups -OCH3 is 1. The Morgan fingerprint density at radius 1 is 1.09 bits per heavy atom. The molecule has 0 saturated carbocycles. The Hall–Kier alpha value is -3.39. The van der Waals surface area contributed by atoms with Crippen molar-refractivity contribution >= 4 is 23.6 Å². The van der Waals surface area contributed by atoms with Gasteiger partial charge in [-0.1, -0.05) is 30.3 Å². The summed E-state index contributed by atoms with van der Waals surface area (Å²) >= 11 is 0. The van der Waals surface area contributed by atoms with Crippen LogP contribution in [-0.4, -0.2) is 24.2 Å². The number of esters is 1. The quantitative estimate of drug-likeness (QED) is 0.533. The maximum atomic E-state index is 12.1. The fourth-order valence-corrected chi connectivity index (χ4v) is 2.08. The van der Waals surface area contributed by atoms with Gasteiger partial charge in [0.15, 0.2) is 0 Å². The summed E-state index contributed by atoms with van der Waals surface area (Å²) in [5.74, 6) is -1.77. The Balaban J connectivity index is 2.58.